The molecule has 0 heterocycles. The highest BCUT2D eigenvalue weighted by Crippen LogP contribution is 2.32. The van der Waals surface area contributed by atoms with Crippen LogP contribution in [0.25, 0.3) is 0 Å². The van der Waals surface area contributed by atoms with Gasteiger partial charge in [-0.15, -0.1) is 0 Å². The lowest BCUT2D eigenvalue weighted by Crippen LogP contribution is -2.37. The molecule has 0 saturated heterocycles. The topological polar surface area (TPSA) is 37.3 Å². The first-order chi connectivity index (χ1) is 9.99. The Morgan fingerprint density at radius 3 is 2.29 bits per heavy atom. The number of carboxylic acid groups (broad SMARTS) is 1. The van der Waals surface area contributed by atoms with Crippen LogP contribution in [0, 0.1) is 11.6 Å². The van der Waals surface area contributed by atoms with Crippen LogP contribution < -0.4 is 0 Å². The van der Waals surface area contributed by atoms with E-state index in [0.717, 1.165) is 12.1 Å². The van der Waals surface area contributed by atoms with Crippen molar-refractivity contribution in [3.8, 4) is 0 Å². The summed E-state index contributed by atoms with van der Waals surface area (Å²) in [6, 6.07) is 12.4. The van der Waals surface area contributed by atoms with E-state index in [4.69, 9.17) is 0 Å². The summed E-state index contributed by atoms with van der Waals surface area (Å²) in [7, 11) is 0. The molecule has 0 fully saturated rings. The van der Waals surface area contributed by atoms with Crippen molar-refractivity contribution < 1.29 is 18.7 Å². The third-order valence-electron chi connectivity index (χ3n) is 3.83. The number of rotatable bonds is 5. The molecule has 1 N–H and O–H groups in total. The molecule has 0 aliphatic heterocycles. The summed E-state index contributed by atoms with van der Waals surface area (Å²) >= 11 is 0. The van der Waals surface area contributed by atoms with Gasteiger partial charge >= 0.3 is 5.97 Å². The number of benzene rings is 2. The van der Waals surface area contributed by atoms with E-state index in [9.17, 15) is 18.7 Å². The van der Waals surface area contributed by atoms with Crippen molar-refractivity contribution in [3.05, 3.63) is 71.3 Å². The smallest absolute Gasteiger partial charge is 0.314 e. The Kier molecular flexibility index (Phi) is 4.36. The minimum absolute atomic E-state index is 0.111. The van der Waals surface area contributed by atoms with Gasteiger partial charge in [-0.1, -0.05) is 43.3 Å². The average Bonchev–Trinajstić information content (AvgIpc) is 2.49. The van der Waals surface area contributed by atoms with Crippen molar-refractivity contribution in [2.75, 3.05) is 0 Å². The van der Waals surface area contributed by atoms with Crippen molar-refractivity contribution in [1.82, 2.24) is 0 Å². The number of halogens is 2. The number of hydrogen-bond donors (Lipinski definition) is 1. The highest BCUT2D eigenvalue weighted by molar-refractivity contribution is 5.81. The van der Waals surface area contributed by atoms with E-state index in [1.807, 2.05) is 6.07 Å². The van der Waals surface area contributed by atoms with Crippen molar-refractivity contribution >= 4 is 5.97 Å². The molecule has 0 saturated carbocycles. The molecule has 1 atom stereocenters. The van der Waals surface area contributed by atoms with Crippen molar-refractivity contribution in [1.29, 1.82) is 0 Å². The van der Waals surface area contributed by atoms with Crippen molar-refractivity contribution in [2.45, 2.75) is 25.2 Å². The Morgan fingerprint density at radius 2 is 1.76 bits per heavy atom. The molecule has 0 aliphatic carbocycles. The summed E-state index contributed by atoms with van der Waals surface area (Å²) in [6.07, 6.45) is 0.464. The van der Waals surface area contributed by atoms with Crippen LogP contribution in [-0.4, -0.2) is 11.1 Å². The third-order valence-corrected chi connectivity index (χ3v) is 3.83. The SMILES string of the molecule is CCC(Cc1ccc(F)c(F)c1)(C(=O)O)c1ccccc1. The van der Waals surface area contributed by atoms with Crippen LogP contribution in [0.4, 0.5) is 8.78 Å². The standard InChI is InChI=1S/C17H16F2O2/c1-2-17(16(20)21,13-6-4-3-5-7-13)11-12-8-9-14(18)15(19)10-12/h3-10H,2,11H2,1H3,(H,20,21). The number of carbonyl (C=O) groups is 1. The molecule has 0 bridgehead atoms. The van der Waals surface area contributed by atoms with Gasteiger partial charge < -0.3 is 5.11 Å². The molecule has 2 aromatic carbocycles. The molecule has 0 aromatic heterocycles. The fourth-order valence-electron chi connectivity index (χ4n) is 2.54. The zero-order valence-electron chi connectivity index (χ0n) is 11.6. The van der Waals surface area contributed by atoms with Gasteiger partial charge in [0.05, 0.1) is 5.41 Å². The summed E-state index contributed by atoms with van der Waals surface area (Å²) in [5, 5.41) is 9.69. The lowest BCUT2D eigenvalue weighted by Gasteiger charge is -2.29. The van der Waals surface area contributed by atoms with Crippen molar-refractivity contribution in [2.24, 2.45) is 0 Å². The lowest BCUT2D eigenvalue weighted by molar-refractivity contribution is -0.144. The van der Waals surface area contributed by atoms with Gasteiger partial charge in [0.2, 0.25) is 0 Å². The van der Waals surface area contributed by atoms with Gasteiger partial charge in [0.15, 0.2) is 11.6 Å². The Bertz CT molecular complexity index is 640. The zero-order valence-corrected chi connectivity index (χ0v) is 11.6. The summed E-state index contributed by atoms with van der Waals surface area (Å²) < 4.78 is 26.3. The Hall–Kier alpha value is -2.23. The Balaban J connectivity index is 2.46. The molecular weight excluding hydrogens is 274 g/mol. The van der Waals surface area contributed by atoms with Crippen LogP contribution in [-0.2, 0) is 16.6 Å². The maximum atomic E-state index is 13.3. The maximum absolute atomic E-state index is 13.3. The summed E-state index contributed by atoms with van der Waals surface area (Å²) in [5.74, 6) is -2.87. The first-order valence-electron chi connectivity index (χ1n) is 6.72. The lowest BCUT2D eigenvalue weighted by atomic mass is 9.73. The van der Waals surface area contributed by atoms with E-state index in [1.54, 1.807) is 31.2 Å². The molecule has 110 valence electrons. The van der Waals surface area contributed by atoms with Gasteiger partial charge in [0.1, 0.15) is 0 Å². The van der Waals surface area contributed by atoms with E-state index in [-0.39, 0.29) is 6.42 Å². The molecule has 1 unspecified atom stereocenters. The van der Waals surface area contributed by atoms with Crippen LogP contribution in [0.5, 0.6) is 0 Å². The number of aliphatic carboxylic acids is 1. The van der Waals surface area contributed by atoms with Gasteiger partial charge in [-0.2, -0.15) is 0 Å². The fraction of sp³-hybridized carbons (Fsp3) is 0.235. The number of hydrogen-bond acceptors (Lipinski definition) is 1. The summed E-state index contributed by atoms with van der Waals surface area (Å²) in [5.41, 5.74) is -0.0299. The van der Waals surface area contributed by atoms with Crippen LogP contribution in [0.15, 0.2) is 48.5 Å². The third kappa shape index (κ3) is 2.94. The van der Waals surface area contributed by atoms with Crippen LogP contribution >= 0.6 is 0 Å². The molecule has 2 nitrogen and oxygen atoms in total. The molecule has 0 aliphatic rings. The maximum Gasteiger partial charge on any atom is 0.314 e. The van der Waals surface area contributed by atoms with Gasteiger partial charge in [-0.25, -0.2) is 8.78 Å². The monoisotopic (exact) mass is 290 g/mol. The summed E-state index contributed by atoms with van der Waals surface area (Å²) in [6.45, 7) is 1.78. The van der Waals surface area contributed by atoms with Gasteiger partial charge in [-0.05, 0) is 36.1 Å². The molecule has 21 heavy (non-hydrogen) atoms. The first kappa shape index (κ1) is 15.2. The largest absolute Gasteiger partial charge is 0.481 e. The van der Waals surface area contributed by atoms with Crippen LogP contribution in [0.3, 0.4) is 0 Å². The van der Waals surface area contributed by atoms with Gasteiger partial charge in [-0.3, -0.25) is 4.79 Å². The van der Waals surface area contributed by atoms with E-state index in [2.05, 4.69) is 0 Å². The highest BCUT2D eigenvalue weighted by atomic mass is 19.2. The van der Waals surface area contributed by atoms with Crippen LogP contribution in [0.2, 0.25) is 0 Å². The molecule has 2 rings (SSSR count). The van der Waals surface area contributed by atoms with E-state index in [1.165, 1.54) is 6.07 Å². The van der Waals surface area contributed by atoms with E-state index < -0.39 is 23.0 Å². The fourth-order valence-corrected chi connectivity index (χ4v) is 2.54. The van der Waals surface area contributed by atoms with Gasteiger partial charge in [0, 0.05) is 0 Å². The quantitative estimate of drug-likeness (QED) is 0.905. The average molecular weight is 290 g/mol. The summed E-state index contributed by atoms with van der Waals surface area (Å²) in [4.78, 5) is 11.8. The highest BCUT2D eigenvalue weighted by Gasteiger charge is 2.38. The molecule has 0 amide bonds. The second-order valence-electron chi connectivity index (χ2n) is 5.03. The second-order valence-corrected chi connectivity index (χ2v) is 5.03. The molecule has 4 heteroatoms. The number of carboxylic acids is 1. The Morgan fingerprint density at radius 1 is 1.10 bits per heavy atom. The van der Waals surface area contributed by atoms with Gasteiger partial charge in [0.25, 0.3) is 0 Å². The van der Waals surface area contributed by atoms with E-state index >= 15 is 0 Å². The molecule has 2 aromatic rings. The molecular formula is C17H16F2O2. The second kappa shape index (κ2) is 6.04. The predicted molar refractivity (Wildman–Crippen MR) is 76.1 cm³/mol. The first-order valence-corrected chi connectivity index (χ1v) is 6.72. The minimum Gasteiger partial charge on any atom is -0.481 e. The predicted octanol–water partition coefficient (Wildman–Crippen LogP) is 3.94. The van der Waals surface area contributed by atoms with Crippen LogP contribution in [0.1, 0.15) is 24.5 Å². The normalized spacial score (nSPS) is 13.7. The minimum atomic E-state index is -1.15. The molecule has 0 radical (unpaired) electrons. The van der Waals surface area contributed by atoms with Crippen molar-refractivity contribution in [3.63, 3.8) is 0 Å². The molecule has 0 spiro atoms. The van der Waals surface area contributed by atoms with E-state index in [0.29, 0.717) is 17.5 Å². The Labute approximate surface area is 122 Å². The zero-order chi connectivity index (χ0) is 15.5.